The molecule has 0 amide bonds. The molecule has 3 aromatic heterocycles. The van der Waals surface area contributed by atoms with Crippen LogP contribution in [0.25, 0.3) is 79.3 Å². The fraction of sp³-hybridized carbons (Fsp3) is 0. The molecule has 0 N–H and O–H groups in total. The summed E-state index contributed by atoms with van der Waals surface area (Å²) >= 11 is 3.81. The number of fused-ring (bicyclic) bond motifs is 8. The zero-order valence-corrected chi connectivity index (χ0v) is 23.7. The van der Waals surface area contributed by atoms with E-state index < -0.39 is 0 Å². The standard InChI is InChI=1S/C38H23NS2/c1-3-11-24(12-4-1)28-17-9-18-31-35-27(16-10-20-33(35)40-37(28)31)25-21-22-30-34(23-25)41-38-29-15-7-8-19-32(29)39(36(30)38)26-13-5-2-6-14-26/h1-23H. The minimum Gasteiger partial charge on any atom is -0.308 e. The van der Waals surface area contributed by atoms with Gasteiger partial charge in [0.1, 0.15) is 0 Å². The summed E-state index contributed by atoms with van der Waals surface area (Å²) in [6, 6.07) is 50.9. The number of aromatic nitrogens is 1. The van der Waals surface area contributed by atoms with Crippen molar-refractivity contribution in [2.75, 3.05) is 0 Å². The van der Waals surface area contributed by atoms with Gasteiger partial charge in [0.05, 0.1) is 15.7 Å². The normalized spacial score (nSPS) is 11.9. The number of thiophene rings is 2. The first kappa shape index (κ1) is 23.0. The molecule has 0 unspecified atom stereocenters. The third-order valence-corrected chi connectivity index (χ3v) is 10.6. The topological polar surface area (TPSA) is 4.93 Å². The van der Waals surface area contributed by atoms with Crippen molar-refractivity contribution < 1.29 is 0 Å². The van der Waals surface area contributed by atoms with Crippen molar-refractivity contribution >= 4 is 74.1 Å². The van der Waals surface area contributed by atoms with E-state index >= 15 is 0 Å². The van der Waals surface area contributed by atoms with E-state index in [1.165, 1.54) is 79.3 Å². The molecular weight excluding hydrogens is 535 g/mol. The molecule has 0 aliphatic rings. The van der Waals surface area contributed by atoms with Crippen LogP contribution in [0.15, 0.2) is 140 Å². The van der Waals surface area contributed by atoms with Gasteiger partial charge in [0.2, 0.25) is 0 Å². The smallest absolute Gasteiger partial charge is 0.0727 e. The van der Waals surface area contributed by atoms with Gasteiger partial charge < -0.3 is 4.57 Å². The van der Waals surface area contributed by atoms with Crippen molar-refractivity contribution in [1.29, 1.82) is 0 Å². The van der Waals surface area contributed by atoms with Gasteiger partial charge in [-0.05, 0) is 52.6 Å². The lowest BCUT2D eigenvalue weighted by molar-refractivity contribution is 1.19. The molecule has 0 spiro atoms. The summed E-state index contributed by atoms with van der Waals surface area (Å²) in [5, 5.41) is 5.31. The fourth-order valence-corrected chi connectivity index (χ4v) is 8.94. The van der Waals surface area contributed by atoms with Gasteiger partial charge in [0.25, 0.3) is 0 Å². The Bertz CT molecular complexity index is 2410. The van der Waals surface area contributed by atoms with Crippen LogP contribution in [0.4, 0.5) is 0 Å². The maximum absolute atomic E-state index is 2.43. The second-order valence-corrected chi connectivity index (χ2v) is 12.6. The molecule has 0 aliphatic heterocycles. The summed E-state index contributed by atoms with van der Waals surface area (Å²) in [6.45, 7) is 0. The lowest BCUT2D eigenvalue weighted by Crippen LogP contribution is -1.92. The Balaban J connectivity index is 1.29. The van der Waals surface area contributed by atoms with Gasteiger partial charge in [0.15, 0.2) is 0 Å². The molecule has 0 aliphatic carbocycles. The molecule has 9 aromatic rings. The van der Waals surface area contributed by atoms with Crippen molar-refractivity contribution in [3.05, 3.63) is 140 Å². The Morgan fingerprint density at radius 2 is 1.15 bits per heavy atom. The lowest BCUT2D eigenvalue weighted by Gasteiger charge is -2.09. The zero-order chi connectivity index (χ0) is 26.9. The van der Waals surface area contributed by atoms with Crippen LogP contribution in [-0.2, 0) is 0 Å². The molecule has 192 valence electrons. The third-order valence-electron chi connectivity index (χ3n) is 8.21. The van der Waals surface area contributed by atoms with E-state index in [9.17, 15) is 0 Å². The van der Waals surface area contributed by atoms with E-state index in [1.807, 2.05) is 22.7 Å². The summed E-state index contributed by atoms with van der Waals surface area (Å²) in [4.78, 5) is 0. The van der Waals surface area contributed by atoms with Gasteiger partial charge in [-0.2, -0.15) is 0 Å². The highest BCUT2D eigenvalue weighted by atomic mass is 32.1. The lowest BCUT2D eigenvalue weighted by atomic mass is 9.97. The molecule has 3 heteroatoms. The molecule has 3 heterocycles. The Morgan fingerprint density at radius 3 is 2.02 bits per heavy atom. The molecular formula is C38H23NS2. The number of benzene rings is 6. The van der Waals surface area contributed by atoms with Gasteiger partial charge in [-0.25, -0.2) is 0 Å². The largest absolute Gasteiger partial charge is 0.308 e. The molecule has 0 bridgehead atoms. The summed E-state index contributed by atoms with van der Waals surface area (Å²) in [5.41, 5.74) is 8.91. The van der Waals surface area contributed by atoms with Crippen LogP contribution < -0.4 is 0 Å². The Morgan fingerprint density at radius 1 is 0.439 bits per heavy atom. The minimum atomic E-state index is 1.20. The quantitative estimate of drug-likeness (QED) is 0.204. The maximum atomic E-state index is 2.43. The van der Waals surface area contributed by atoms with Crippen LogP contribution in [0.3, 0.4) is 0 Å². The highest BCUT2D eigenvalue weighted by Crippen LogP contribution is 2.46. The number of hydrogen-bond acceptors (Lipinski definition) is 2. The first-order valence-electron chi connectivity index (χ1n) is 13.9. The summed E-state index contributed by atoms with van der Waals surface area (Å²) < 4.78 is 7.79. The molecule has 0 radical (unpaired) electrons. The minimum absolute atomic E-state index is 1.20. The van der Waals surface area contributed by atoms with Crippen molar-refractivity contribution in [1.82, 2.24) is 4.57 Å². The van der Waals surface area contributed by atoms with Crippen molar-refractivity contribution in [3.63, 3.8) is 0 Å². The van der Waals surface area contributed by atoms with Gasteiger partial charge >= 0.3 is 0 Å². The zero-order valence-electron chi connectivity index (χ0n) is 22.0. The maximum Gasteiger partial charge on any atom is 0.0727 e. The summed E-state index contributed by atoms with van der Waals surface area (Å²) in [6.07, 6.45) is 0. The molecule has 0 saturated heterocycles. The van der Waals surface area contributed by atoms with Gasteiger partial charge in [-0.15, -0.1) is 22.7 Å². The van der Waals surface area contributed by atoms with E-state index in [4.69, 9.17) is 0 Å². The molecule has 41 heavy (non-hydrogen) atoms. The monoisotopic (exact) mass is 557 g/mol. The molecule has 9 rings (SSSR count). The Hall–Kier alpha value is -4.70. The fourth-order valence-electron chi connectivity index (χ4n) is 6.41. The van der Waals surface area contributed by atoms with Crippen LogP contribution in [0.5, 0.6) is 0 Å². The average molecular weight is 558 g/mol. The van der Waals surface area contributed by atoms with E-state index in [0.717, 1.165) is 0 Å². The van der Waals surface area contributed by atoms with Crippen LogP contribution in [0.2, 0.25) is 0 Å². The Kier molecular flexibility index (Phi) is 5.00. The molecule has 0 saturated carbocycles. The van der Waals surface area contributed by atoms with E-state index in [-0.39, 0.29) is 0 Å². The predicted octanol–water partition coefficient (Wildman–Crippen LogP) is 11.7. The second-order valence-electron chi connectivity index (χ2n) is 10.5. The molecule has 1 nitrogen and oxygen atoms in total. The Labute approximate surface area is 245 Å². The third kappa shape index (κ3) is 3.40. The first-order chi connectivity index (χ1) is 20.3. The van der Waals surface area contributed by atoms with Gasteiger partial charge in [-0.1, -0.05) is 109 Å². The molecule has 6 aromatic carbocycles. The van der Waals surface area contributed by atoms with Crippen LogP contribution >= 0.6 is 22.7 Å². The van der Waals surface area contributed by atoms with Crippen molar-refractivity contribution in [2.45, 2.75) is 0 Å². The van der Waals surface area contributed by atoms with Crippen molar-refractivity contribution in [3.8, 4) is 27.9 Å². The van der Waals surface area contributed by atoms with Crippen LogP contribution in [-0.4, -0.2) is 4.57 Å². The number of hydrogen-bond donors (Lipinski definition) is 0. The summed E-state index contributed by atoms with van der Waals surface area (Å²) in [5.74, 6) is 0. The van der Waals surface area contributed by atoms with Gasteiger partial charge in [0, 0.05) is 41.3 Å². The molecule has 0 atom stereocenters. The van der Waals surface area contributed by atoms with Gasteiger partial charge in [-0.3, -0.25) is 0 Å². The van der Waals surface area contributed by atoms with Crippen molar-refractivity contribution in [2.24, 2.45) is 0 Å². The first-order valence-corrected chi connectivity index (χ1v) is 15.5. The van der Waals surface area contributed by atoms with E-state index in [0.29, 0.717) is 0 Å². The number of rotatable bonds is 3. The highest BCUT2D eigenvalue weighted by Gasteiger charge is 2.19. The predicted molar refractivity (Wildman–Crippen MR) is 180 cm³/mol. The SMILES string of the molecule is c1ccc(-c2cccc3c2sc2cccc(-c4ccc5c(c4)sc4c6ccccc6n(-c6ccccc6)c54)c23)cc1. The van der Waals surface area contributed by atoms with E-state index in [2.05, 4.69) is 144 Å². The highest BCUT2D eigenvalue weighted by molar-refractivity contribution is 7.27. The van der Waals surface area contributed by atoms with Crippen LogP contribution in [0.1, 0.15) is 0 Å². The summed E-state index contributed by atoms with van der Waals surface area (Å²) in [7, 11) is 0. The second kappa shape index (κ2) is 8.90. The van der Waals surface area contributed by atoms with Crippen LogP contribution in [0, 0.1) is 0 Å². The average Bonchev–Trinajstić information content (AvgIpc) is 3.70. The van der Waals surface area contributed by atoms with E-state index in [1.54, 1.807) is 0 Å². The number of para-hydroxylation sites is 2. The number of nitrogens with zero attached hydrogens (tertiary/aromatic N) is 1. The molecule has 0 fully saturated rings.